The molecule has 1 N–H and O–H groups in total. The minimum absolute atomic E-state index is 0.133. The molecule has 46 heavy (non-hydrogen) atoms. The Balaban J connectivity index is 1.18. The molecule has 0 radical (unpaired) electrons. The Morgan fingerprint density at radius 1 is 0.935 bits per heavy atom. The van der Waals surface area contributed by atoms with Crippen LogP contribution in [-0.2, 0) is 19.2 Å². The highest BCUT2D eigenvalue weighted by Crippen LogP contribution is 2.57. The van der Waals surface area contributed by atoms with E-state index < -0.39 is 23.7 Å². The fraction of sp³-hybridized carbons (Fsp3) is 0.216. The van der Waals surface area contributed by atoms with Crippen molar-refractivity contribution in [3.05, 3.63) is 107 Å². The van der Waals surface area contributed by atoms with Crippen molar-refractivity contribution in [2.75, 3.05) is 12.0 Å². The number of para-hydroxylation sites is 3. The first-order chi connectivity index (χ1) is 22.3. The van der Waals surface area contributed by atoms with Crippen LogP contribution < -0.4 is 9.64 Å². The molecule has 1 aromatic heterocycles. The molecule has 3 aliphatic carbocycles. The number of ketones is 2. The summed E-state index contributed by atoms with van der Waals surface area (Å²) in [6, 6.07) is 19.5. The minimum Gasteiger partial charge on any atom is -0.504 e. The molecule has 4 atom stereocenters. The number of anilines is 1. The highest BCUT2D eigenvalue weighted by Gasteiger charge is 2.56. The normalized spacial score (nSPS) is 24.1. The van der Waals surface area contributed by atoms with Gasteiger partial charge < -0.3 is 14.3 Å². The number of carbonyl (C=O) groups excluding carboxylic acids is 4. The summed E-state index contributed by atoms with van der Waals surface area (Å²) in [5.41, 5.74) is 4.67. The first kappa shape index (κ1) is 27.9. The maximum absolute atomic E-state index is 14.3. The first-order valence-corrected chi connectivity index (χ1v) is 15.2. The zero-order chi connectivity index (χ0) is 31.9. The van der Waals surface area contributed by atoms with Crippen molar-refractivity contribution in [1.29, 1.82) is 0 Å². The number of amides is 2. The van der Waals surface area contributed by atoms with Crippen LogP contribution in [0, 0.1) is 17.8 Å². The molecule has 2 heterocycles. The minimum atomic E-state index is -0.766. The van der Waals surface area contributed by atoms with Crippen LogP contribution in [0.25, 0.3) is 22.6 Å². The average Bonchev–Trinajstić information content (AvgIpc) is 3.61. The molecular formula is C37H28N2O7. The molecule has 8 rings (SSSR count). The van der Waals surface area contributed by atoms with Gasteiger partial charge >= 0.3 is 0 Å². The lowest BCUT2D eigenvalue weighted by atomic mass is 9.59. The lowest BCUT2D eigenvalue weighted by Crippen LogP contribution is -2.39. The molecule has 1 aliphatic heterocycles. The largest absolute Gasteiger partial charge is 0.504 e. The third kappa shape index (κ3) is 3.97. The third-order valence-corrected chi connectivity index (χ3v) is 9.79. The fourth-order valence-corrected chi connectivity index (χ4v) is 7.68. The topological polar surface area (TPSA) is 127 Å². The maximum Gasteiger partial charge on any atom is 0.238 e. The van der Waals surface area contributed by atoms with Crippen molar-refractivity contribution >= 4 is 40.2 Å². The predicted octanol–water partition coefficient (Wildman–Crippen LogP) is 5.84. The van der Waals surface area contributed by atoms with E-state index in [4.69, 9.17) is 9.15 Å². The summed E-state index contributed by atoms with van der Waals surface area (Å²) >= 11 is 0. The summed E-state index contributed by atoms with van der Waals surface area (Å²) in [5.74, 6) is -3.31. The molecule has 0 unspecified atom stereocenters. The second-order valence-electron chi connectivity index (χ2n) is 12.2. The van der Waals surface area contributed by atoms with Crippen molar-refractivity contribution in [2.45, 2.75) is 25.7 Å². The number of hydrogen-bond acceptors (Lipinski definition) is 8. The Bertz CT molecular complexity index is 2080. The second kappa shape index (κ2) is 10.2. The van der Waals surface area contributed by atoms with E-state index in [2.05, 4.69) is 4.98 Å². The van der Waals surface area contributed by atoms with Crippen LogP contribution in [0.5, 0.6) is 11.5 Å². The van der Waals surface area contributed by atoms with Crippen molar-refractivity contribution in [3.63, 3.8) is 0 Å². The predicted molar refractivity (Wildman–Crippen MR) is 168 cm³/mol. The Hall–Kier alpha value is -5.57. The molecule has 9 heteroatoms. The highest BCUT2D eigenvalue weighted by atomic mass is 16.5. The summed E-state index contributed by atoms with van der Waals surface area (Å²) in [6.07, 6.45) is 3.71. The lowest BCUT2D eigenvalue weighted by molar-refractivity contribution is -0.123. The molecule has 9 nitrogen and oxygen atoms in total. The smallest absolute Gasteiger partial charge is 0.238 e. The van der Waals surface area contributed by atoms with E-state index in [9.17, 15) is 24.3 Å². The van der Waals surface area contributed by atoms with Gasteiger partial charge in [0.25, 0.3) is 0 Å². The van der Waals surface area contributed by atoms with Crippen LogP contribution >= 0.6 is 0 Å². The Labute approximate surface area is 263 Å². The van der Waals surface area contributed by atoms with Gasteiger partial charge in [0.2, 0.25) is 17.7 Å². The monoisotopic (exact) mass is 612 g/mol. The number of carbonyl (C=O) groups is 4. The van der Waals surface area contributed by atoms with Gasteiger partial charge in [0.05, 0.1) is 24.6 Å². The van der Waals surface area contributed by atoms with E-state index in [1.807, 2.05) is 30.3 Å². The summed E-state index contributed by atoms with van der Waals surface area (Å²) in [6.45, 7) is 1.60. The molecule has 3 aromatic carbocycles. The van der Waals surface area contributed by atoms with E-state index in [1.54, 1.807) is 49.4 Å². The van der Waals surface area contributed by atoms with E-state index in [0.717, 1.165) is 11.1 Å². The van der Waals surface area contributed by atoms with Crippen LogP contribution in [0.1, 0.15) is 31.2 Å². The van der Waals surface area contributed by atoms with Crippen molar-refractivity contribution in [2.24, 2.45) is 17.8 Å². The molecule has 0 bridgehead atoms. The number of ether oxygens (including phenoxy) is 1. The van der Waals surface area contributed by atoms with E-state index in [0.29, 0.717) is 51.4 Å². The number of Topliss-reactive ketones (excluding diaryl/α,β-unsaturated/α-hetero) is 1. The van der Waals surface area contributed by atoms with E-state index in [-0.39, 0.29) is 41.3 Å². The van der Waals surface area contributed by atoms with Crippen LogP contribution in [0.3, 0.4) is 0 Å². The SMILES string of the molecule is COc1cccc([C@H]2C3=CC[C@@H]4C(=O)N(c5ccc(-c6nc7ccccc7o6)cc5)C(=O)[C@@H]4[C@@H]3CC3=C2C(=O)C=C(C)C3=O)c1O. The van der Waals surface area contributed by atoms with Gasteiger partial charge in [0, 0.05) is 33.8 Å². The van der Waals surface area contributed by atoms with Gasteiger partial charge in [-0.05, 0) is 74.2 Å². The molecule has 2 amide bonds. The van der Waals surface area contributed by atoms with Gasteiger partial charge in [-0.25, -0.2) is 4.98 Å². The number of benzene rings is 3. The number of phenolic OH excluding ortho intramolecular Hbond substituents is 1. The summed E-state index contributed by atoms with van der Waals surface area (Å²) < 4.78 is 11.2. The number of aromatic nitrogens is 1. The van der Waals surface area contributed by atoms with Gasteiger partial charge in [-0.1, -0.05) is 35.9 Å². The Kier molecular flexibility index (Phi) is 6.22. The van der Waals surface area contributed by atoms with Crippen LogP contribution in [0.4, 0.5) is 5.69 Å². The standard InChI is InChI=1S/C37H28N2O7/c1-18-16-27(40)32-25(33(18)41)17-24-21(30(32)22-6-5-9-29(45-2)34(22)42)14-15-23-31(24)37(44)39(36(23)43)20-12-10-19(11-13-20)35-38-26-7-3-4-8-28(26)46-35/h3-14,16,23-24,30-31,42H,15,17H2,1-2H3/t23-,24+,30+,31-/m0/s1. The van der Waals surface area contributed by atoms with Gasteiger partial charge in [-0.15, -0.1) is 0 Å². The van der Waals surface area contributed by atoms with Gasteiger partial charge in [-0.2, -0.15) is 0 Å². The quantitative estimate of drug-likeness (QED) is 0.173. The lowest BCUT2D eigenvalue weighted by Gasteiger charge is -2.42. The number of imide groups is 1. The van der Waals surface area contributed by atoms with Gasteiger partial charge in [0.15, 0.2) is 28.6 Å². The van der Waals surface area contributed by atoms with E-state index in [1.165, 1.54) is 18.1 Å². The van der Waals surface area contributed by atoms with Crippen molar-refractivity contribution in [3.8, 4) is 23.0 Å². The molecule has 1 saturated heterocycles. The summed E-state index contributed by atoms with van der Waals surface area (Å²) in [5, 5.41) is 11.2. The maximum atomic E-state index is 14.3. The summed E-state index contributed by atoms with van der Waals surface area (Å²) in [4.78, 5) is 61.0. The van der Waals surface area contributed by atoms with Crippen LogP contribution in [0.2, 0.25) is 0 Å². The van der Waals surface area contributed by atoms with Crippen LogP contribution in [-0.4, -0.2) is 40.6 Å². The fourth-order valence-electron chi connectivity index (χ4n) is 7.68. The third-order valence-electron chi connectivity index (χ3n) is 9.79. The number of oxazole rings is 1. The highest BCUT2D eigenvalue weighted by molar-refractivity contribution is 6.25. The molecule has 4 aliphatic rings. The Morgan fingerprint density at radius 3 is 2.48 bits per heavy atom. The van der Waals surface area contributed by atoms with Crippen molar-refractivity contribution in [1.82, 2.24) is 4.98 Å². The van der Waals surface area contributed by atoms with Gasteiger partial charge in [0.1, 0.15) is 5.52 Å². The first-order valence-electron chi connectivity index (χ1n) is 15.2. The second-order valence-corrected chi connectivity index (χ2v) is 12.2. The number of methoxy groups -OCH3 is 1. The molecular weight excluding hydrogens is 584 g/mol. The average molecular weight is 613 g/mol. The number of nitrogens with zero attached hydrogens (tertiary/aromatic N) is 2. The number of hydrogen-bond donors (Lipinski definition) is 1. The van der Waals surface area contributed by atoms with E-state index >= 15 is 0 Å². The zero-order valence-electron chi connectivity index (χ0n) is 25.0. The number of phenols is 1. The number of allylic oxidation sites excluding steroid dienone is 6. The Morgan fingerprint density at radius 2 is 1.72 bits per heavy atom. The summed E-state index contributed by atoms with van der Waals surface area (Å²) in [7, 11) is 1.44. The molecule has 4 aromatic rings. The molecule has 0 spiro atoms. The molecule has 228 valence electrons. The van der Waals surface area contributed by atoms with Crippen LogP contribution in [0.15, 0.2) is 106 Å². The zero-order valence-corrected chi connectivity index (χ0v) is 25.0. The number of fused-ring (bicyclic) bond motifs is 4. The van der Waals surface area contributed by atoms with Crippen molar-refractivity contribution < 1.29 is 33.4 Å². The number of rotatable bonds is 4. The molecule has 1 fully saturated rings. The number of aromatic hydroxyl groups is 1. The van der Waals surface area contributed by atoms with Gasteiger partial charge in [-0.3, -0.25) is 24.1 Å². The molecule has 0 saturated carbocycles.